The van der Waals surface area contributed by atoms with Crippen molar-refractivity contribution < 1.29 is 17.9 Å². The molecule has 0 unspecified atom stereocenters. The van der Waals surface area contributed by atoms with Crippen LogP contribution >= 0.6 is 0 Å². The molecule has 2 aromatic rings. The van der Waals surface area contributed by atoms with E-state index in [0.717, 1.165) is 36.9 Å². The molecule has 0 saturated heterocycles. The fourth-order valence-electron chi connectivity index (χ4n) is 3.17. The largest absolute Gasteiger partial charge is 0.465 e. The molecule has 0 spiro atoms. The maximum Gasteiger partial charge on any atom is 0.337 e. The van der Waals surface area contributed by atoms with Crippen molar-refractivity contribution in [3.05, 3.63) is 52.2 Å². The molecule has 27 heavy (non-hydrogen) atoms. The second-order valence-corrected chi connectivity index (χ2v) is 8.04. The predicted molar refractivity (Wildman–Crippen MR) is 98.9 cm³/mol. The van der Waals surface area contributed by atoms with Gasteiger partial charge in [-0.05, 0) is 68.0 Å². The number of carbonyl (C=O) groups is 1. The number of esters is 1. The number of sulfonamides is 1. The number of aryl methyl sites for hydroxylation is 3. The van der Waals surface area contributed by atoms with Crippen molar-refractivity contribution in [2.24, 2.45) is 0 Å². The number of anilines is 1. The van der Waals surface area contributed by atoms with Gasteiger partial charge in [0.1, 0.15) is 6.07 Å². The molecule has 0 atom stereocenters. The molecule has 0 amide bonds. The van der Waals surface area contributed by atoms with Crippen LogP contribution in [0.4, 0.5) is 5.82 Å². The number of methoxy groups -OCH3 is 1. The molecule has 3 rings (SSSR count). The third-order valence-electron chi connectivity index (χ3n) is 4.54. The van der Waals surface area contributed by atoms with Gasteiger partial charge >= 0.3 is 5.97 Å². The number of carbonyl (C=O) groups excluding carboxylic acids is 1. The Morgan fingerprint density at radius 2 is 2.00 bits per heavy atom. The summed E-state index contributed by atoms with van der Waals surface area (Å²) >= 11 is 0. The van der Waals surface area contributed by atoms with Gasteiger partial charge in [-0.25, -0.2) is 18.2 Å². The number of fused-ring (bicyclic) bond motifs is 1. The van der Waals surface area contributed by atoms with E-state index in [1.165, 1.54) is 25.3 Å². The molecule has 1 aromatic carbocycles. The minimum absolute atomic E-state index is 0.0126. The number of hydrogen-bond acceptors (Lipinski definition) is 6. The average Bonchev–Trinajstić information content (AvgIpc) is 2.66. The summed E-state index contributed by atoms with van der Waals surface area (Å²) in [5, 5.41) is 9.39. The zero-order valence-electron chi connectivity index (χ0n) is 15.1. The molecular formula is C19H19N3O4S. The van der Waals surface area contributed by atoms with E-state index >= 15 is 0 Å². The number of pyridine rings is 1. The minimum atomic E-state index is -3.97. The van der Waals surface area contributed by atoms with Gasteiger partial charge in [-0.2, -0.15) is 5.26 Å². The minimum Gasteiger partial charge on any atom is -0.465 e. The van der Waals surface area contributed by atoms with E-state index in [2.05, 4.69) is 14.4 Å². The lowest BCUT2D eigenvalue weighted by Crippen LogP contribution is -2.18. The maximum absolute atomic E-state index is 12.8. The standard InChI is InChI=1S/C19H19N3O4S/c1-12-9-14(19(23)26-2)7-8-17(12)27(24,25)22-18-15(11-20)10-13-5-3-4-6-16(13)21-18/h7-10H,3-6H2,1-2H3,(H,21,22). The molecule has 1 heterocycles. The van der Waals surface area contributed by atoms with Gasteiger partial charge in [0.2, 0.25) is 0 Å². The summed E-state index contributed by atoms with van der Waals surface area (Å²) in [7, 11) is -2.71. The molecule has 1 aromatic heterocycles. The Morgan fingerprint density at radius 1 is 1.26 bits per heavy atom. The van der Waals surface area contributed by atoms with Gasteiger partial charge < -0.3 is 4.74 Å². The monoisotopic (exact) mass is 385 g/mol. The van der Waals surface area contributed by atoms with Crippen LogP contribution in [0.1, 0.15) is 45.6 Å². The second-order valence-electron chi connectivity index (χ2n) is 6.39. The van der Waals surface area contributed by atoms with Gasteiger partial charge in [0.05, 0.1) is 23.1 Å². The van der Waals surface area contributed by atoms with Crippen LogP contribution in [0.3, 0.4) is 0 Å². The molecule has 1 N–H and O–H groups in total. The van der Waals surface area contributed by atoms with Gasteiger partial charge in [0, 0.05) is 5.69 Å². The smallest absolute Gasteiger partial charge is 0.337 e. The molecule has 1 aliphatic rings. The van der Waals surface area contributed by atoms with Gasteiger partial charge in [0.25, 0.3) is 10.0 Å². The fourth-order valence-corrected chi connectivity index (χ4v) is 4.42. The SMILES string of the molecule is COC(=O)c1ccc(S(=O)(=O)Nc2nc3c(cc2C#N)CCCC3)c(C)c1. The molecule has 140 valence electrons. The Kier molecular flexibility index (Phi) is 5.15. The van der Waals surface area contributed by atoms with E-state index in [9.17, 15) is 18.5 Å². The van der Waals surface area contributed by atoms with Gasteiger partial charge in [0.15, 0.2) is 5.82 Å². The van der Waals surface area contributed by atoms with E-state index in [0.29, 0.717) is 5.56 Å². The first kappa shape index (κ1) is 18.9. The number of nitriles is 1. The number of hydrogen-bond donors (Lipinski definition) is 1. The Balaban J connectivity index is 1.98. The van der Waals surface area contributed by atoms with Crippen molar-refractivity contribution in [1.29, 1.82) is 5.26 Å². The fraction of sp³-hybridized carbons (Fsp3) is 0.316. The third-order valence-corrected chi connectivity index (χ3v) is 6.04. The highest BCUT2D eigenvalue weighted by atomic mass is 32.2. The number of nitrogens with one attached hydrogen (secondary N) is 1. The Hall–Kier alpha value is -2.92. The van der Waals surface area contributed by atoms with Crippen molar-refractivity contribution in [2.75, 3.05) is 11.8 Å². The van der Waals surface area contributed by atoms with Crippen LogP contribution in [0.25, 0.3) is 0 Å². The summed E-state index contributed by atoms with van der Waals surface area (Å²) in [4.78, 5) is 16.0. The molecule has 0 radical (unpaired) electrons. The van der Waals surface area contributed by atoms with Crippen LogP contribution in [0.2, 0.25) is 0 Å². The maximum atomic E-state index is 12.8. The summed E-state index contributed by atoms with van der Waals surface area (Å²) in [6.45, 7) is 1.59. The summed E-state index contributed by atoms with van der Waals surface area (Å²) in [6, 6.07) is 7.91. The Bertz CT molecular complexity index is 1060. The lowest BCUT2D eigenvalue weighted by Gasteiger charge is -2.18. The lowest BCUT2D eigenvalue weighted by molar-refractivity contribution is 0.0600. The van der Waals surface area contributed by atoms with E-state index in [-0.39, 0.29) is 21.8 Å². The molecule has 8 heteroatoms. The molecule has 7 nitrogen and oxygen atoms in total. The first-order valence-electron chi connectivity index (χ1n) is 8.50. The second kappa shape index (κ2) is 7.37. The van der Waals surface area contributed by atoms with Gasteiger partial charge in [-0.1, -0.05) is 0 Å². The quantitative estimate of drug-likeness (QED) is 0.811. The van der Waals surface area contributed by atoms with Crippen molar-refractivity contribution in [1.82, 2.24) is 4.98 Å². The van der Waals surface area contributed by atoms with Crippen LogP contribution in [-0.4, -0.2) is 26.5 Å². The van der Waals surface area contributed by atoms with Crippen molar-refractivity contribution >= 4 is 21.8 Å². The van der Waals surface area contributed by atoms with Gasteiger partial charge in [-0.3, -0.25) is 4.72 Å². The average molecular weight is 385 g/mol. The normalized spacial score (nSPS) is 13.4. The van der Waals surface area contributed by atoms with Crippen LogP contribution < -0.4 is 4.72 Å². The number of nitrogens with zero attached hydrogens (tertiary/aromatic N) is 2. The van der Waals surface area contributed by atoms with Crippen molar-refractivity contribution in [3.8, 4) is 6.07 Å². The molecule has 0 fully saturated rings. The summed E-state index contributed by atoms with van der Waals surface area (Å²) < 4.78 is 32.7. The summed E-state index contributed by atoms with van der Waals surface area (Å²) in [6.07, 6.45) is 3.64. The highest BCUT2D eigenvalue weighted by Crippen LogP contribution is 2.27. The number of ether oxygens (including phenoxy) is 1. The van der Waals surface area contributed by atoms with E-state index in [1.807, 2.05) is 6.07 Å². The van der Waals surface area contributed by atoms with Crippen LogP contribution in [0.5, 0.6) is 0 Å². The number of rotatable bonds is 4. The molecular weight excluding hydrogens is 366 g/mol. The Morgan fingerprint density at radius 3 is 2.67 bits per heavy atom. The summed E-state index contributed by atoms with van der Waals surface area (Å²) in [5.41, 5.74) is 2.68. The number of benzene rings is 1. The zero-order valence-corrected chi connectivity index (χ0v) is 15.9. The highest BCUT2D eigenvalue weighted by Gasteiger charge is 2.22. The van der Waals surface area contributed by atoms with Crippen molar-refractivity contribution in [3.63, 3.8) is 0 Å². The van der Waals surface area contributed by atoms with E-state index in [4.69, 9.17) is 0 Å². The molecule has 1 aliphatic carbocycles. The lowest BCUT2D eigenvalue weighted by atomic mass is 9.95. The molecule has 0 bridgehead atoms. The van der Waals surface area contributed by atoms with Crippen LogP contribution in [-0.2, 0) is 27.6 Å². The highest BCUT2D eigenvalue weighted by molar-refractivity contribution is 7.92. The molecule has 0 aliphatic heterocycles. The first-order chi connectivity index (χ1) is 12.9. The first-order valence-corrected chi connectivity index (χ1v) is 9.98. The summed E-state index contributed by atoms with van der Waals surface area (Å²) in [5.74, 6) is -0.507. The third kappa shape index (κ3) is 3.78. The predicted octanol–water partition coefficient (Wildman–Crippen LogP) is 2.73. The number of aromatic nitrogens is 1. The topological polar surface area (TPSA) is 109 Å². The van der Waals surface area contributed by atoms with Gasteiger partial charge in [-0.15, -0.1) is 0 Å². The van der Waals surface area contributed by atoms with Crippen molar-refractivity contribution in [2.45, 2.75) is 37.5 Å². The zero-order chi connectivity index (χ0) is 19.6. The Labute approximate surface area is 158 Å². The van der Waals surface area contributed by atoms with Crippen LogP contribution in [0, 0.1) is 18.3 Å². The van der Waals surface area contributed by atoms with Crippen LogP contribution in [0.15, 0.2) is 29.2 Å². The van der Waals surface area contributed by atoms with E-state index < -0.39 is 16.0 Å². The molecule has 0 saturated carbocycles. The van der Waals surface area contributed by atoms with E-state index in [1.54, 1.807) is 13.0 Å².